The molecular weight excluding hydrogens is 346 g/mol. The second-order valence-electron chi connectivity index (χ2n) is 7.05. The van der Waals surface area contributed by atoms with E-state index in [0.29, 0.717) is 0 Å². The van der Waals surface area contributed by atoms with Gasteiger partial charge in [-0.15, -0.1) is 0 Å². The number of carbonyl (C=O) groups is 1. The summed E-state index contributed by atoms with van der Waals surface area (Å²) >= 11 is 0. The summed E-state index contributed by atoms with van der Waals surface area (Å²) in [6, 6.07) is 22.2. The Hall–Kier alpha value is -3.11. The molecule has 0 spiro atoms. The molecule has 2 aromatic carbocycles. The SMILES string of the molecule is O=C(c1cccc(-n2cccc2)c1)N1CCN(C/C=C/c2ccccc2)CC1. The van der Waals surface area contributed by atoms with Gasteiger partial charge in [0.2, 0.25) is 0 Å². The number of carbonyl (C=O) groups excluding carboxylic acids is 1. The van der Waals surface area contributed by atoms with Gasteiger partial charge in [0.25, 0.3) is 5.91 Å². The van der Waals surface area contributed by atoms with E-state index >= 15 is 0 Å². The van der Waals surface area contributed by atoms with E-state index in [4.69, 9.17) is 0 Å². The molecule has 0 atom stereocenters. The van der Waals surface area contributed by atoms with Gasteiger partial charge >= 0.3 is 0 Å². The van der Waals surface area contributed by atoms with Crippen molar-refractivity contribution in [2.75, 3.05) is 32.7 Å². The van der Waals surface area contributed by atoms with Gasteiger partial charge in [-0.2, -0.15) is 0 Å². The molecule has 142 valence electrons. The lowest BCUT2D eigenvalue weighted by molar-refractivity contribution is 0.0650. The molecule has 1 amide bonds. The molecular formula is C24H25N3O. The van der Waals surface area contributed by atoms with Crippen molar-refractivity contribution in [1.82, 2.24) is 14.4 Å². The van der Waals surface area contributed by atoms with Gasteiger partial charge in [0.1, 0.15) is 0 Å². The van der Waals surface area contributed by atoms with E-state index in [2.05, 4.69) is 41.3 Å². The van der Waals surface area contributed by atoms with E-state index < -0.39 is 0 Å². The van der Waals surface area contributed by atoms with E-state index in [1.165, 1.54) is 5.56 Å². The first-order chi connectivity index (χ1) is 13.8. The van der Waals surface area contributed by atoms with Gasteiger partial charge < -0.3 is 9.47 Å². The zero-order chi connectivity index (χ0) is 19.2. The van der Waals surface area contributed by atoms with Crippen molar-refractivity contribution in [3.63, 3.8) is 0 Å². The molecule has 4 nitrogen and oxygen atoms in total. The molecule has 0 aliphatic carbocycles. The molecule has 1 aliphatic heterocycles. The van der Waals surface area contributed by atoms with Crippen molar-refractivity contribution in [3.05, 3.63) is 96.3 Å². The number of aromatic nitrogens is 1. The monoisotopic (exact) mass is 371 g/mol. The molecule has 1 aromatic heterocycles. The van der Waals surface area contributed by atoms with Gasteiger partial charge in [-0.3, -0.25) is 9.69 Å². The summed E-state index contributed by atoms with van der Waals surface area (Å²) in [5, 5.41) is 0. The van der Waals surface area contributed by atoms with Crippen LogP contribution in [0.25, 0.3) is 11.8 Å². The van der Waals surface area contributed by atoms with E-state index in [1.54, 1.807) is 0 Å². The van der Waals surface area contributed by atoms with E-state index in [1.807, 2.05) is 64.3 Å². The van der Waals surface area contributed by atoms with Gasteiger partial charge in [0, 0.05) is 56.4 Å². The highest BCUT2D eigenvalue weighted by Gasteiger charge is 2.21. The van der Waals surface area contributed by atoms with E-state index in [-0.39, 0.29) is 5.91 Å². The summed E-state index contributed by atoms with van der Waals surface area (Å²) in [5.41, 5.74) is 2.99. The molecule has 4 rings (SSSR count). The van der Waals surface area contributed by atoms with Crippen molar-refractivity contribution in [3.8, 4) is 5.69 Å². The molecule has 1 saturated heterocycles. The van der Waals surface area contributed by atoms with Crippen LogP contribution in [-0.2, 0) is 0 Å². The molecule has 0 bridgehead atoms. The molecule has 0 radical (unpaired) electrons. The number of hydrogen-bond acceptors (Lipinski definition) is 2. The maximum Gasteiger partial charge on any atom is 0.254 e. The average molecular weight is 371 g/mol. The smallest absolute Gasteiger partial charge is 0.254 e. The quantitative estimate of drug-likeness (QED) is 0.679. The van der Waals surface area contributed by atoms with Crippen molar-refractivity contribution < 1.29 is 4.79 Å². The molecule has 2 heterocycles. The average Bonchev–Trinajstić information content (AvgIpc) is 3.30. The summed E-state index contributed by atoms with van der Waals surface area (Å²) in [5.74, 6) is 0.119. The maximum absolute atomic E-state index is 12.9. The third-order valence-corrected chi connectivity index (χ3v) is 5.13. The summed E-state index contributed by atoms with van der Waals surface area (Å²) in [6.45, 7) is 4.27. The maximum atomic E-state index is 12.9. The number of amides is 1. The van der Waals surface area contributed by atoms with Gasteiger partial charge in [0.05, 0.1) is 0 Å². The fourth-order valence-electron chi connectivity index (χ4n) is 3.52. The summed E-state index contributed by atoms with van der Waals surface area (Å²) in [7, 11) is 0. The van der Waals surface area contributed by atoms with Crippen LogP contribution in [0.2, 0.25) is 0 Å². The number of rotatable bonds is 5. The fraction of sp³-hybridized carbons (Fsp3) is 0.208. The van der Waals surface area contributed by atoms with Crippen LogP contribution in [0.15, 0.2) is 85.2 Å². The molecule has 1 aliphatic rings. The normalized spacial score (nSPS) is 15.2. The Morgan fingerprint density at radius 2 is 1.61 bits per heavy atom. The molecule has 0 N–H and O–H groups in total. The van der Waals surface area contributed by atoms with Gasteiger partial charge in [-0.25, -0.2) is 0 Å². The third kappa shape index (κ3) is 4.41. The largest absolute Gasteiger partial charge is 0.336 e. The van der Waals surface area contributed by atoms with Crippen LogP contribution in [0.1, 0.15) is 15.9 Å². The van der Waals surface area contributed by atoms with Crippen LogP contribution in [0.4, 0.5) is 0 Å². The van der Waals surface area contributed by atoms with Crippen LogP contribution < -0.4 is 0 Å². The van der Waals surface area contributed by atoms with Crippen molar-refractivity contribution >= 4 is 12.0 Å². The second-order valence-corrected chi connectivity index (χ2v) is 7.05. The summed E-state index contributed by atoms with van der Waals surface area (Å²) < 4.78 is 2.02. The Labute approximate surface area is 166 Å². The summed E-state index contributed by atoms with van der Waals surface area (Å²) in [6.07, 6.45) is 8.34. The Morgan fingerprint density at radius 3 is 2.36 bits per heavy atom. The lowest BCUT2D eigenvalue weighted by Gasteiger charge is -2.34. The van der Waals surface area contributed by atoms with Crippen LogP contribution in [0, 0.1) is 0 Å². The predicted molar refractivity (Wildman–Crippen MR) is 114 cm³/mol. The number of hydrogen-bond donors (Lipinski definition) is 0. The topological polar surface area (TPSA) is 28.5 Å². The first-order valence-electron chi connectivity index (χ1n) is 9.76. The van der Waals surface area contributed by atoms with Crippen molar-refractivity contribution in [2.24, 2.45) is 0 Å². The van der Waals surface area contributed by atoms with Crippen LogP contribution in [-0.4, -0.2) is 53.0 Å². The zero-order valence-electron chi connectivity index (χ0n) is 15.9. The molecule has 28 heavy (non-hydrogen) atoms. The Balaban J connectivity index is 1.32. The molecule has 0 saturated carbocycles. The summed E-state index contributed by atoms with van der Waals surface area (Å²) in [4.78, 5) is 17.3. The standard InChI is InChI=1S/C24H25N3O/c28-24(22-11-6-12-23(20-22)26-14-4-5-15-26)27-18-16-25(17-19-27)13-7-10-21-8-2-1-3-9-21/h1-12,14-15,20H,13,16-19H2/b10-7+. The van der Waals surface area contributed by atoms with Gasteiger partial charge in [0.15, 0.2) is 0 Å². The molecule has 4 heteroatoms. The van der Waals surface area contributed by atoms with Crippen LogP contribution in [0.3, 0.4) is 0 Å². The first-order valence-corrected chi connectivity index (χ1v) is 9.76. The Kier molecular flexibility index (Phi) is 5.69. The lowest BCUT2D eigenvalue weighted by atomic mass is 10.1. The van der Waals surface area contributed by atoms with Crippen molar-refractivity contribution in [2.45, 2.75) is 0 Å². The number of nitrogens with zero attached hydrogens (tertiary/aromatic N) is 3. The zero-order valence-corrected chi connectivity index (χ0v) is 15.9. The number of piperazine rings is 1. The van der Waals surface area contributed by atoms with E-state index in [9.17, 15) is 4.79 Å². The van der Waals surface area contributed by atoms with Gasteiger partial charge in [-0.1, -0.05) is 48.6 Å². The van der Waals surface area contributed by atoms with Crippen molar-refractivity contribution in [1.29, 1.82) is 0 Å². The highest BCUT2D eigenvalue weighted by atomic mass is 16.2. The van der Waals surface area contributed by atoms with Gasteiger partial charge in [-0.05, 0) is 35.9 Å². The predicted octanol–water partition coefficient (Wildman–Crippen LogP) is 3.95. The Bertz CT molecular complexity index is 924. The second kappa shape index (κ2) is 8.72. The molecule has 0 unspecified atom stereocenters. The molecule has 3 aromatic rings. The number of benzene rings is 2. The minimum atomic E-state index is 0.119. The minimum Gasteiger partial charge on any atom is -0.336 e. The lowest BCUT2D eigenvalue weighted by Crippen LogP contribution is -2.48. The highest BCUT2D eigenvalue weighted by Crippen LogP contribution is 2.14. The van der Waals surface area contributed by atoms with Crippen LogP contribution >= 0.6 is 0 Å². The molecule has 1 fully saturated rings. The first kappa shape index (κ1) is 18.3. The highest BCUT2D eigenvalue weighted by molar-refractivity contribution is 5.94. The fourth-order valence-corrected chi connectivity index (χ4v) is 3.52. The van der Waals surface area contributed by atoms with E-state index in [0.717, 1.165) is 44.0 Å². The Morgan fingerprint density at radius 1 is 0.857 bits per heavy atom. The minimum absolute atomic E-state index is 0.119. The third-order valence-electron chi connectivity index (χ3n) is 5.13. The van der Waals surface area contributed by atoms with Crippen LogP contribution in [0.5, 0.6) is 0 Å².